The van der Waals surface area contributed by atoms with Gasteiger partial charge in [0, 0.05) is 30.8 Å². The van der Waals surface area contributed by atoms with Crippen molar-refractivity contribution in [2.75, 3.05) is 0 Å². The van der Waals surface area contributed by atoms with Crippen LogP contribution in [-0.4, -0.2) is 34.5 Å². The van der Waals surface area contributed by atoms with E-state index in [0.29, 0.717) is 12.8 Å². The number of Topliss-reactive ketones (excluding diaryl/α,β-unsaturated/α-hetero) is 1. The van der Waals surface area contributed by atoms with Crippen LogP contribution in [0.5, 0.6) is 0 Å². The average molecular weight is 292 g/mol. The van der Waals surface area contributed by atoms with Crippen LogP contribution in [0.4, 0.5) is 4.79 Å². The minimum absolute atomic E-state index is 0.00883. The monoisotopic (exact) mass is 292 g/mol. The molecule has 5 nitrogen and oxygen atoms in total. The van der Waals surface area contributed by atoms with E-state index in [-0.39, 0.29) is 29.9 Å². The van der Waals surface area contributed by atoms with Crippen LogP contribution in [0.1, 0.15) is 59.3 Å². The van der Waals surface area contributed by atoms with Crippen molar-refractivity contribution in [2.45, 2.75) is 77.0 Å². The maximum absolute atomic E-state index is 12.3. The molecule has 0 spiro atoms. The molecule has 1 amide bonds. The van der Waals surface area contributed by atoms with Gasteiger partial charge in [-0.1, -0.05) is 0 Å². The lowest BCUT2D eigenvalue weighted by Crippen LogP contribution is -2.49. The number of ether oxygens (including phenoxy) is 1. The first-order valence-electron chi connectivity index (χ1n) is 7.73. The molecule has 0 aromatic rings. The van der Waals surface area contributed by atoms with Gasteiger partial charge in [-0.2, -0.15) is 5.26 Å². The zero-order valence-corrected chi connectivity index (χ0v) is 13.1. The summed E-state index contributed by atoms with van der Waals surface area (Å²) < 4.78 is 5.48. The van der Waals surface area contributed by atoms with Crippen molar-refractivity contribution in [2.24, 2.45) is 5.92 Å². The van der Waals surface area contributed by atoms with Crippen LogP contribution in [0.3, 0.4) is 0 Å². The molecular weight excluding hydrogens is 268 g/mol. The summed E-state index contributed by atoms with van der Waals surface area (Å²) in [5.74, 6) is 0.187. The van der Waals surface area contributed by atoms with Gasteiger partial charge in [0.1, 0.15) is 11.4 Å². The zero-order valence-electron chi connectivity index (χ0n) is 13.1. The second-order valence-corrected chi connectivity index (χ2v) is 7.07. The molecule has 2 fully saturated rings. The lowest BCUT2D eigenvalue weighted by atomic mass is 9.86. The van der Waals surface area contributed by atoms with Crippen molar-refractivity contribution in [3.05, 3.63) is 0 Å². The van der Waals surface area contributed by atoms with E-state index < -0.39 is 5.60 Å². The highest BCUT2D eigenvalue weighted by Crippen LogP contribution is 2.40. The van der Waals surface area contributed by atoms with Gasteiger partial charge in [0.05, 0.1) is 6.07 Å². The number of piperidine rings is 1. The van der Waals surface area contributed by atoms with Gasteiger partial charge < -0.3 is 9.64 Å². The number of carbonyl (C=O) groups excluding carboxylic acids is 2. The Labute approximate surface area is 126 Å². The van der Waals surface area contributed by atoms with Gasteiger partial charge in [-0.3, -0.25) is 4.79 Å². The number of nitrogens with zero attached hydrogens (tertiary/aromatic N) is 2. The summed E-state index contributed by atoms with van der Waals surface area (Å²) in [4.78, 5) is 26.2. The average Bonchev–Trinajstić information content (AvgIpc) is 2.65. The minimum Gasteiger partial charge on any atom is -0.444 e. The van der Waals surface area contributed by atoms with E-state index in [4.69, 9.17) is 10.00 Å². The fourth-order valence-corrected chi connectivity index (χ4v) is 3.44. The predicted molar refractivity (Wildman–Crippen MR) is 77.5 cm³/mol. The summed E-state index contributed by atoms with van der Waals surface area (Å²) in [6.45, 7) is 5.60. The second kappa shape index (κ2) is 6.05. The molecule has 5 heteroatoms. The Morgan fingerprint density at radius 1 is 1.24 bits per heavy atom. The third-order valence-corrected chi connectivity index (χ3v) is 4.28. The Morgan fingerprint density at radius 2 is 1.81 bits per heavy atom. The third kappa shape index (κ3) is 3.75. The summed E-state index contributed by atoms with van der Waals surface area (Å²) in [6.07, 6.45) is 3.73. The number of carbonyl (C=O) groups is 2. The van der Waals surface area contributed by atoms with Gasteiger partial charge >= 0.3 is 6.09 Å². The van der Waals surface area contributed by atoms with Crippen LogP contribution in [0.25, 0.3) is 0 Å². The van der Waals surface area contributed by atoms with E-state index in [1.807, 2.05) is 31.7 Å². The van der Waals surface area contributed by atoms with Gasteiger partial charge in [-0.25, -0.2) is 4.79 Å². The molecule has 116 valence electrons. The Hall–Kier alpha value is -1.57. The highest BCUT2D eigenvalue weighted by atomic mass is 16.6. The Balaban J connectivity index is 1.98. The summed E-state index contributed by atoms with van der Waals surface area (Å²) >= 11 is 0. The van der Waals surface area contributed by atoms with Crippen LogP contribution in [0, 0.1) is 17.2 Å². The van der Waals surface area contributed by atoms with Gasteiger partial charge in [0.15, 0.2) is 0 Å². The van der Waals surface area contributed by atoms with Crippen LogP contribution in [-0.2, 0) is 9.53 Å². The Bertz CT molecular complexity index is 447. The molecule has 2 bridgehead atoms. The number of rotatable bonds is 3. The Morgan fingerprint density at radius 3 is 2.29 bits per heavy atom. The highest BCUT2D eigenvalue weighted by molar-refractivity contribution is 5.82. The number of hydrogen-bond acceptors (Lipinski definition) is 4. The number of hydrogen-bond donors (Lipinski definition) is 0. The summed E-state index contributed by atoms with van der Waals surface area (Å²) in [5.41, 5.74) is -0.490. The number of amides is 1. The molecular formula is C16H24N2O3. The fraction of sp³-hybridized carbons (Fsp3) is 0.812. The van der Waals surface area contributed by atoms with Crippen molar-refractivity contribution >= 4 is 11.9 Å². The van der Waals surface area contributed by atoms with E-state index in [2.05, 4.69) is 0 Å². The van der Waals surface area contributed by atoms with E-state index in [0.717, 1.165) is 25.7 Å². The van der Waals surface area contributed by atoms with Crippen LogP contribution >= 0.6 is 0 Å². The molecule has 2 saturated heterocycles. The maximum atomic E-state index is 12.3. The van der Waals surface area contributed by atoms with E-state index >= 15 is 0 Å². The molecule has 0 aromatic heterocycles. The summed E-state index contributed by atoms with van der Waals surface area (Å²) in [7, 11) is 0. The molecule has 2 atom stereocenters. The first-order chi connectivity index (χ1) is 9.81. The van der Waals surface area contributed by atoms with Crippen molar-refractivity contribution in [3.63, 3.8) is 0 Å². The van der Waals surface area contributed by atoms with Crippen molar-refractivity contribution < 1.29 is 14.3 Å². The lowest BCUT2D eigenvalue weighted by Gasteiger charge is -2.39. The van der Waals surface area contributed by atoms with E-state index in [9.17, 15) is 9.59 Å². The van der Waals surface area contributed by atoms with E-state index in [1.54, 1.807) is 0 Å². The normalized spacial score (nSPS) is 28.1. The van der Waals surface area contributed by atoms with Crippen LogP contribution in [0.15, 0.2) is 0 Å². The van der Waals surface area contributed by atoms with Gasteiger partial charge in [0.2, 0.25) is 0 Å². The van der Waals surface area contributed by atoms with E-state index in [1.165, 1.54) is 0 Å². The zero-order chi connectivity index (χ0) is 15.6. The molecule has 2 unspecified atom stereocenters. The molecule has 2 aliphatic heterocycles. The minimum atomic E-state index is -0.490. The highest BCUT2D eigenvalue weighted by Gasteiger charge is 2.46. The summed E-state index contributed by atoms with van der Waals surface area (Å²) in [5, 5.41) is 8.58. The second-order valence-electron chi connectivity index (χ2n) is 7.07. The number of ketones is 1. The number of fused-ring (bicyclic) bond motifs is 2. The smallest absolute Gasteiger partial charge is 0.410 e. The largest absolute Gasteiger partial charge is 0.444 e. The first-order valence-corrected chi connectivity index (χ1v) is 7.73. The molecule has 2 rings (SSSR count). The van der Waals surface area contributed by atoms with Gasteiger partial charge in [-0.15, -0.1) is 0 Å². The molecule has 21 heavy (non-hydrogen) atoms. The van der Waals surface area contributed by atoms with Crippen LogP contribution < -0.4 is 0 Å². The molecule has 0 aromatic carbocycles. The molecule has 0 N–H and O–H groups in total. The third-order valence-electron chi connectivity index (χ3n) is 4.28. The molecule has 0 saturated carbocycles. The topological polar surface area (TPSA) is 70.4 Å². The van der Waals surface area contributed by atoms with Gasteiger partial charge in [0.25, 0.3) is 0 Å². The standard InChI is InChI=1S/C16H24N2O3/c1-16(2,3)21-15(20)18-12-6-7-13(18)10-11(9-12)14(19)5-4-8-17/h11-13H,4-7,9-10H2,1-3H3. The first kappa shape index (κ1) is 15.8. The van der Waals surface area contributed by atoms with Crippen molar-refractivity contribution in [3.8, 4) is 6.07 Å². The predicted octanol–water partition coefficient (Wildman–Crippen LogP) is 3.04. The summed E-state index contributed by atoms with van der Waals surface area (Å²) in [6, 6.07) is 2.26. The SMILES string of the molecule is CC(C)(C)OC(=O)N1C2CCC1CC(C(=O)CCC#N)C2. The molecule has 2 aliphatic rings. The van der Waals surface area contributed by atoms with Gasteiger partial charge in [-0.05, 0) is 46.5 Å². The quantitative estimate of drug-likeness (QED) is 0.801. The lowest BCUT2D eigenvalue weighted by molar-refractivity contribution is -0.125. The Kier molecular flexibility index (Phi) is 4.55. The van der Waals surface area contributed by atoms with Crippen LogP contribution in [0.2, 0.25) is 0 Å². The molecule has 0 radical (unpaired) electrons. The molecule has 2 heterocycles. The number of nitriles is 1. The molecule has 0 aliphatic carbocycles. The fourth-order valence-electron chi connectivity index (χ4n) is 3.44. The van der Waals surface area contributed by atoms with Crippen molar-refractivity contribution in [1.29, 1.82) is 5.26 Å². The van der Waals surface area contributed by atoms with Crippen molar-refractivity contribution in [1.82, 2.24) is 4.90 Å². The maximum Gasteiger partial charge on any atom is 0.410 e.